The molecule has 1 N–H and O–H groups in total. The lowest BCUT2D eigenvalue weighted by Gasteiger charge is -2.25. The first kappa shape index (κ1) is 19.6. The number of carbonyl (C=O) groups is 1. The third kappa shape index (κ3) is 4.39. The van der Waals surface area contributed by atoms with Crippen LogP contribution in [0.1, 0.15) is 32.6 Å². The summed E-state index contributed by atoms with van der Waals surface area (Å²) >= 11 is 0. The molecule has 0 saturated heterocycles. The Hall–Kier alpha value is -2.19. The molecule has 27 heavy (non-hydrogen) atoms. The van der Waals surface area contributed by atoms with Gasteiger partial charge in [-0.2, -0.15) is 12.7 Å². The summed E-state index contributed by atoms with van der Waals surface area (Å²) in [6.07, 6.45) is 8.91. The Kier molecular flexibility index (Phi) is 5.67. The Morgan fingerprint density at radius 2 is 1.93 bits per heavy atom. The molecule has 2 atom stereocenters. The molecule has 0 radical (unpaired) electrons. The molecule has 0 aliphatic heterocycles. The van der Waals surface area contributed by atoms with Gasteiger partial charge in [0.2, 0.25) is 5.91 Å². The molecule has 1 fully saturated rings. The van der Waals surface area contributed by atoms with Gasteiger partial charge in [-0.05, 0) is 43.0 Å². The van der Waals surface area contributed by atoms with Gasteiger partial charge >= 0.3 is 10.2 Å². The number of nitrogens with zero attached hydrogens (tertiary/aromatic N) is 3. The van der Waals surface area contributed by atoms with E-state index in [-0.39, 0.29) is 11.8 Å². The summed E-state index contributed by atoms with van der Waals surface area (Å²) in [5.74, 6) is 0.786. The van der Waals surface area contributed by atoms with Gasteiger partial charge in [-0.15, -0.1) is 3.97 Å². The number of benzene rings is 1. The monoisotopic (exact) mass is 391 g/mol. The summed E-state index contributed by atoms with van der Waals surface area (Å²) in [5.41, 5.74) is 1.56. The van der Waals surface area contributed by atoms with Crippen LogP contribution >= 0.6 is 0 Å². The van der Waals surface area contributed by atoms with Gasteiger partial charge in [-0.3, -0.25) is 4.79 Å². The average Bonchev–Trinajstić information content (AvgIpc) is 3.13. The number of hydrogen-bond donors (Lipinski definition) is 1. The lowest BCUT2D eigenvalue weighted by Crippen LogP contribution is -2.48. The third-order valence-corrected chi connectivity index (χ3v) is 6.75. The predicted molar refractivity (Wildman–Crippen MR) is 104 cm³/mol. The van der Waals surface area contributed by atoms with Crippen LogP contribution in [0.15, 0.2) is 43.0 Å². The second-order valence-electron chi connectivity index (χ2n) is 7.45. The summed E-state index contributed by atoms with van der Waals surface area (Å²) in [6.45, 7) is 2.20. The van der Waals surface area contributed by atoms with Gasteiger partial charge in [0.25, 0.3) is 6.33 Å². The Labute approximate surface area is 160 Å². The van der Waals surface area contributed by atoms with Crippen LogP contribution in [0, 0.1) is 11.8 Å². The van der Waals surface area contributed by atoms with Crippen LogP contribution in [0.5, 0.6) is 0 Å². The first-order chi connectivity index (χ1) is 12.8. The SMILES string of the molecule is CC1CCCC(C(=O)Nc2ccc(-n3cc[n+](S(=O)(=O)N(C)C)c3)cc2)C1. The van der Waals surface area contributed by atoms with Crippen molar-refractivity contribution in [1.82, 2.24) is 8.87 Å². The van der Waals surface area contributed by atoms with Crippen LogP contribution in [0.2, 0.25) is 0 Å². The normalized spacial score (nSPS) is 20.6. The first-order valence-corrected chi connectivity index (χ1v) is 10.6. The number of anilines is 1. The van der Waals surface area contributed by atoms with Crippen molar-refractivity contribution in [2.45, 2.75) is 32.6 Å². The van der Waals surface area contributed by atoms with Crippen molar-refractivity contribution in [3.63, 3.8) is 0 Å². The van der Waals surface area contributed by atoms with Crippen molar-refractivity contribution in [2.24, 2.45) is 11.8 Å². The highest BCUT2D eigenvalue weighted by atomic mass is 32.2. The average molecular weight is 392 g/mol. The van der Waals surface area contributed by atoms with Crippen LogP contribution in [-0.4, -0.2) is 37.3 Å². The molecule has 1 saturated carbocycles. The van der Waals surface area contributed by atoms with Gasteiger partial charge in [0.05, 0.1) is 0 Å². The topological polar surface area (TPSA) is 75.3 Å². The zero-order chi connectivity index (χ0) is 19.6. The molecule has 0 bridgehead atoms. The van der Waals surface area contributed by atoms with Crippen LogP contribution in [0.4, 0.5) is 5.69 Å². The highest BCUT2D eigenvalue weighted by Crippen LogP contribution is 2.29. The van der Waals surface area contributed by atoms with Gasteiger partial charge in [-0.25, -0.2) is 4.57 Å². The number of imidazole rings is 1. The van der Waals surface area contributed by atoms with E-state index in [1.807, 2.05) is 24.3 Å². The Balaban J connectivity index is 1.69. The quantitative estimate of drug-likeness (QED) is 0.794. The standard InChI is InChI=1S/C19H26N4O3S/c1-15-5-4-6-16(13-15)19(24)20-17-7-9-18(10-8-17)22-11-12-23(14-22)27(25,26)21(2)3/h7-12,14-16H,4-6,13H2,1-3H3/p+1. The number of rotatable bonds is 5. The molecule has 1 aliphatic carbocycles. The van der Waals surface area contributed by atoms with E-state index in [2.05, 4.69) is 12.2 Å². The van der Waals surface area contributed by atoms with Gasteiger partial charge in [0.15, 0.2) is 0 Å². The maximum Gasteiger partial charge on any atom is 0.379 e. The number of nitrogens with one attached hydrogen (secondary N) is 1. The molecule has 3 rings (SSSR count). The zero-order valence-electron chi connectivity index (χ0n) is 16.0. The maximum absolute atomic E-state index is 12.5. The van der Waals surface area contributed by atoms with Crippen molar-refractivity contribution < 1.29 is 17.2 Å². The smallest absolute Gasteiger partial charge is 0.326 e. The van der Waals surface area contributed by atoms with Crippen LogP contribution < -0.4 is 9.29 Å². The van der Waals surface area contributed by atoms with Crippen molar-refractivity contribution in [3.8, 4) is 5.69 Å². The molecule has 7 nitrogen and oxygen atoms in total. The van der Waals surface area contributed by atoms with E-state index in [4.69, 9.17) is 0 Å². The number of amides is 1. The fraction of sp³-hybridized carbons (Fsp3) is 0.474. The Morgan fingerprint density at radius 1 is 1.22 bits per heavy atom. The molecule has 1 aromatic carbocycles. The minimum absolute atomic E-state index is 0.0881. The second kappa shape index (κ2) is 7.82. The van der Waals surface area contributed by atoms with Crippen LogP contribution in [0.25, 0.3) is 5.69 Å². The predicted octanol–water partition coefficient (Wildman–Crippen LogP) is 2.18. The number of aromatic nitrogens is 2. The number of carbonyl (C=O) groups excluding carboxylic acids is 1. The molecule has 146 valence electrons. The van der Waals surface area contributed by atoms with E-state index in [1.165, 1.54) is 33.0 Å². The van der Waals surface area contributed by atoms with Gasteiger partial charge < -0.3 is 5.32 Å². The lowest BCUT2D eigenvalue weighted by molar-refractivity contribution is -0.514. The molecule has 2 aromatic rings. The Bertz CT molecular complexity index is 903. The molecule has 1 heterocycles. The molecule has 1 aliphatic rings. The van der Waals surface area contributed by atoms with E-state index in [0.717, 1.165) is 38.9 Å². The minimum atomic E-state index is -3.53. The second-order valence-corrected chi connectivity index (χ2v) is 9.49. The zero-order valence-corrected chi connectivity index (χ0v) is 16.8. The van der Waals surface area contributed by atoms with Crippen molar-refractivity contribution in [1.29, 1.82) is 0 Å². The molecule has 2 unspecified atom stereocenters. The largest absolute Gasteiger partial charge is 0.379 e. The van der Waals surface area contributed by atoms with Gasteiger partial charge in [0, 0.05) is 25.7 Å². The Morgan fingerprint density at radius 3 is 2.56 bits per heavy atom. The van der Waals surface area contributed by atoms with Gasteiger partial charge in [0.1, 0.15) is 18.1 Å². The molecular formula is C19H27N4O3S+. The summed E-state index contributed by atoms with van der Waals surface area (Å²) in [4.78, 5) is 12.5. The molecule has 1 amide bonds. The minimum Gasteiger partial charge on any atom is -0.326 e. The van der Waals surface area contributed by atoms with Crippen molar-refractivity contribution in [2.75, 3.05) is 19.4 Å². The van der Waals surface area contributed by atoms with E-state index in [1.54, 1.807) is 10.8 Å². The summed E-state index contributed by atoms with van der Waals surface area (Å²) in [6, 6.07) is 7.38. The first-order valence-electron chi connectivity index (χ1n) is 9.21. The molecule has 8 heteroatoms. The van der Waals surface area contributed by atoms with Crippen molar-refractivity contribution in [3.05, 3.63) is 43.0 Å². The molecule has 0 spiro atoms. The summed E-state index contributed by atoms with van der Waals surface area (Å²) in [7, 11) is -0.552. The summed E-state index contributed by atoms with van der Waals surface area (Å²) in [5, 5.41) is 3.00. The van der Waals surface area contributed by atoms with Crippen LogP contribution in [0.3, 0.4) is 0 Å². The molecular weight excluding hydrogens is 364 g/mol. The summed E-state index contributed by atoms with van der Waals surface area (Å²) < 4.78 is 28.3. The van der Waals surface area contributed by atoms with Gasteiger partial charge in [-0.1, -0.05) is 19.8 Å². The third-order valence-electron chi connectivity index (χ3n) is 5.08. The fourth-order valence-corrected chi connectivity index (χ4v) is 4.25. The van der Waals surface area contributed by atoms with E-state index in [0.29, 0.717) is 5.92 Å². The van der Waals surface area contributed by atoms with E-state index in [9.17, 15) is 13.2 Å². The highest BCUT2D eigenvalue weighted by Gasteiger charge is 2.25. The van der Waals surface area contributed by atoms with E-state index < -0.39 is 10.2 Å². The van der Waals surface area contributed by atoms with Crippen molar-refractivity contribution >= 4 is 21.8 Å². The fourth-order valence-electron chi connectivity index (χ4n) is 3.45. The maximum atomic E-state index is 12.5. The molecule has 1 aromatic heterocycles. The highest BCUT2D eigenvalue weighted by molar-refractivity contribution is 7.82. The lowest BCUT2D eigenvalue weighted by atomic mass is 9.82. The number of hydrogen-bond acceptors (Lipinski definition) is 3. The van der Waals surface area contributed by atoms with Crippen LogP contribution in [-0.2, 0) is 15.0 Å². The van der Waals surface area contributed by atoms with E-state index >= 15 is 0 Å².